The predicted molar refractivity (Wildman–Crippen MR) is 52.0 cm³/mol. The van der Waals surface area contributed by atoms with Crippen LogP contribution in [0.1, 0.15) is 6.42 Å². The van der Waals surface area contributed by atoms with Crippen LogP contribution in [0.2, 0.25) is 0 Å². The first-order valence-corrected chi connectivity index (χ1v) is 6.07. The standard InChI is InChI=1S/C6H12S3/c7-2-1-6-5-8-3-4-9-6/h6-7H,1-5H2. The molecule has 0 aromatic heterocycles. The average molecular weight is 180 g/mol. The normalized spacial score (nSPS) is 28.3. The van der Waals surface area contributed by atoms with Crippen LogP contribution < -0.4 is 0 Å². The van der Waals surface area contributed by atoms with Gasteiger partial charge in [-0.15, -0.1) is 0 Å². The number of thioether (sulfide) groups is 2. The highest BCUT2D eigenvalue weighted by Crippen LogP contribution is 2.26. The van der Waals surface area contributed by atoms with Gasteiger partial charge in [0.2, 0.25) is 0 Å². The lowest BCUT2D eigenvalue weighted by Crippen LogP contribution is -2.13. The van der Waals surface area contributed by atoms with Crippen LogP contribution in [0.25, 0.3) is 0 Å². The van der Waals surface area contributed by atoms with Gasteiger partial charge in [0.25, 0.3) is 0 Å². The van der Waals surface area contributed by atoms with E-state index in [1.54, 1.807) is 0 Å². The van der Waals surface area contributed by atoms with Crippen molar-refractivity contribution in [3.63, 3.8) is 0 Å². The number of hydrogen-bond acceptors (Lipinski definition) is 3. The van der Waals surface area contributed by atoms with Gasteiger partial charge in [0.05, 0.1) is 0 Å². The monoisotopic (exact) mass is 180 g/mol. The summed E-state index contributed by atoms with van der Waals surface area (Å²) in [5.74, 6) is 5.11. The molecule has 0 amide bonds. The van der Waals surface area contributed by atoms with Crippen LogP contribution in [0.3, 0.4) is 0 Å². The molecule has 0 aromatic rings. The first-order chi connectivity index (χ1) is 4.43. The molecule has 0 saturated carbocycles. The molecule has 0 aliphatic carbocycles. The molecule has 9 heavy (non-hydrogen) atoms. The van der Waals surface area contributed by atoms with E-state index in [1.165, 1.54) is 23.7 Å². The number of thiol groups is 1. The summed E-state index contributed by atoms with van der Waals surface area (Å²) in [5.41, 5.74) is 0. The zero-order valence-corrected chi connectivity index (χ0v) is 7.90. The summed E-state index contributed by atoms with van der Waals surface area (Å²) in [6.45, 7) is 0. The summed E-state index contributed by atoms with van der Waals surface area (Å²) in [7, 11) is 0. The van der Waals surface area contributed by atoms with Crippen molar-refractivity contribution in [2.75, 3.05) is 23.0 Å². The molecule has 0 N–H and O–H groups in total. The van der Waals surface area contributed by atoms with E-state index in [0.29, 0.717) is 0 Å². The van der Waals surface area contributed by atoms with E-state index in [2.05, 4.69) is 36.2 Å². The largest absolute Gasteiger partial charge is 0.179 e. The van der Waals surface area contributed by atoms with Gasteiger partial charge in [0, 0.05) is 22.5 Å². The Balaban J connectivity index is 2.08. The number of hydrogen-bond donors (Lipinski definition) is 1. The highest BCUT2D eigenvalue weighted by Gasteiger charge is 2.12. The summed E-state index contributed by atoms with van der Waals surface area (Å²) in [5, 5.41) is 0.904. The van der Waals surface area contributed by atoms with Crippen LogP contribution in [0, 0.1) is 0 Å². The topological polar surface area (TPSA) is 0 Å². The third-order valence-corrected chi connectivity index (χ3v) is 4.51. The maximum atomic E-state index is 4.21. The average Bonchev–Trinajstić information content (AvgIpc) is 1.91. The van der Waals surface area contributed by atoms with Gasteiger partial charge in [-0.05, 0) is 12.2 Å². The van der Waals surface area contributed by atoms with Crippen LogP contribution in [-0.4, -0.2) is 28.3 Å². The SMILES string of the molecule is SCCC1CSCCS1. The van der Waals surface area contributed by atoms with Gasteiger partial charge in [-0.3, -0.25) is 0 Å². The Morgan fingerprint density at radius 3 is 2.89 bits per heavy atom. The third kappa shape index (κ3) is 3.10. The van der Waals surface area contributed by atoms with E-state index in [9.17, 15) is 0 Å². The number of rotatable bonds is 2. The third-order valence-electron chi connectivity index (χ3n) is 1.34. The fourth-order valence-electron chi connectivity index (χ4n) is 0.847. The molecule has 0 aromatic carbocycles. The van der Waals surface area contributed by atoms with E-state index in [4.69, 9.17) is 0 Å². The van der Waals surface area contributed by atoms with Gasteiger partial charge < -0.3 is 0 Å². The molecule has 1 aliphatic heterocycles. The van der Waals surface area contributed by atoms with Crippen molar-refractivity contribution in [3.8, 4) is 0 Å². The van der Waals surface area contributed by atoms with Crippen molar-refractivity contribution in [2.24, 2.45) is 0 Å². The second kappa shape index (κ2) is 4.80. The van der Waals surface area contributed by atoms with E-state index < -0.39 is 0 Å². The molecule has 0 nitrogen and oxygen atoms in total. The lowest BCUT2D eigenvalue weighted by molar-refractivity contribution is 0.925. The second-order valence-electron chi connectivity index (χ2n) is 2.08. The molecule has 1 atom stereocenters. The van der Waals surface area contributed by atoms with Crippen molar-refractivity contribution in [2.45, 2.75) is 11.7 Å². The lowest BCUT2D eigenvalue weighted by atomic mass is 10.4. The first kappa shape index (κ1) is 8.15. The van der Waals surface area contributed by atoms with Gasteiger partial charge in [0.15, 0.2) is 0 Å². The summed E-state index contributed by atoms with van der Waals surface area (Å²) in [6, 6.07) is 0. The molecule has 0 spiro atoms. The van der Waals surface area contributed by atoms with Crippen molar-refractivity contribution >= 4 is 36.2 Å². The highest BCUT2D eigenvalue weighted by molar-refractivity contribution is 8.06. The molecule has 3 heteroatoms. The maximum absolute atomic E-state index is 4.21. The Bertz CT molecular complexity index is 65.9. The molecule has 0 bridgehead atoms. The van der Waals surface area contributed by atoms with Crippen molar-refractivity contribution in [1.82, 2.24) is 0 Å². The van der Waals surface area contributed by atoms with E-state index in [-0.39, 0.29) is 0 Å². The molecule has 1 saturated heterocycles. The fourth-order valence-corrected chi connectivity index (χ4v) is 4.08. The molecular formula is C6H12S3. The van der Waals surface area contributed by atoms with Gasteiger partial charge in [0.1, 0.15) is 0 Å². The van der Waals surface area contributed by atoms with Gasteiger partial charge in [-0.2, -0.15) is 36.2 Å². The molecule has 1 heterocycles. The molecule has 1 fully saturated rings. The fraction of sp³-hybridized carbons (Fsp3) is 1.00. The quantitative estimate of drug-likeness (QED) is 0.647. The Morgan fingerprint density at radius 1 is 1.44 bits per heavy atom. The highest BCUT2D eigenvalue weighted by atomic mass is 32.2. The molecule has 1 rings (SSSR count). The van der Waals surface area contributed by atoms with Crippen molar-refractivity contribution in [1.29, 1.82) is 0 Å². The Labute approximate surface area is 71.0 Å². The van der Waals surface area contributed by atoms with Crippen LogP contribution in [0.15, 0.2) is 0 Å². The zero-order chi connectivity index (χ0) is 6.53. The van der Waals surface area contributed by atoms with Crippen LogP contribution >= 0.6 is 36.2 Å². The summed E-state index contributed by atoms with van der Waals surface area (Å²) < 4.78 is 0. The smallest absolute Gasteiger partial charge is 0.0146 e. The van der Waals surface area contributed by atoms with Gasteiger partial charge >= 0.3 is 0 Å². The Morgan fingerprint density at radius 2 is 2.33 bits per heavy atom. The minimum Gasteiger partial charge on any atom is -0.179 e. The summed E-state index contributed by atoms with van der Waals surface area (Å²) in [6.07, 6.45) is 1.29. The minimum absolute atomic E-state index is 0.904. The lowest BCUT2D eigenvalue weighted by Gasteiger charge is -2.19. The second-order valence-corrected chi connectivity index (χ2v) is 5.09. The molecule has 1 unspecified atom stereocenters. The molecule has 54 valence electrons. The molecular weight excluding hydrogens is 168 g/mol. The van der Waals surface area contributed by atoms with E-state index in [0.717, 1.165) is 11.0 Å². The Kier molecular flexibility index (Phi) is 4.35. The van der Waals surface area contributed by atoms with Crippen molar-refractivity contribution in [3.05, 3.63) is 0 Å². The van der Waals surface area contributed by atoms with E-state index in [1.807, 2.05) is 0 Å². The summed E-state index contributed by atoms with van der Waals surface area (Å²) >= 11 is 8.41. The van der Waals surface area contributed by atoms with Crippen LogP contribution in [0.4, 0.5) is 0 Å². The molecule has 0 radical (unpaired) electrons. The van der Waals surface area contributed by atoms with Crippen LogP contribution in [-0.2, 0) is 0 Å². The summed E-state index contributed by atoms with van der Waals surface area (Å²) in [4.78, 5) is 0. The van der Waals surface area contributed by atoms with E-state index >= 15 is 0 Å². The predicted octanol–water partition coefficient (Wildman–Crippen LogP) is 2.15. The Hall–Kier alpha value is 1.05. The van der Waals surface area contributed by atoms with Gasteiger partial charge in [-0.25, -0.2) is 0 Å². The zero-order valence-electron chi connectivity index (χ0n) is 5.38. The molecule has 1 aliphatic rings. The van der Waals surface area contributed by atoms with Crippen molar-refractivity contribution < 1.29 is 0 Å². The van der Waals surface area contributed by atoms with Gasteiger partial charge in [-0.1, -0.05) is 0 Å². The maximum Gasteiger partial charge on any atom is 0.0146 e. The minimum atomic E-state index is 0.904. The van der Waals surface area contributed by atoms with Crippen LogP contribution in [0.5, 0.6) is 0 Å². The first-order valence-electron chi connectivity index (χ1n) is 3.23.